The lowest BCUT2D eigenvalue weighted by Crippen LogP contribution is -2.30. The summed E-state index contributed by atoms with van der Waals surface area (Å²) in [7, 11) is 3.00. The van der Waals surface area contributed by atoms with Gasteiger partial charge in [0.1, 0.15) is 11.5 Å². The number of nitrogens with one attached hydrogen (secondary N) is 3. The molecule has 4 aromatic carbocycles. The van der Waals surface area contributed by atoms with Crippen LogP contribution in [0.25, 0.3) is 6.08 Å². The van der Waals surface area contributed by atoms with Gasteiger partial charge in [-0.3, -0.25) is 14.4 Å². The highest BCUT2D eigenvalue weighted by Crippen LogP contribution is 2.32. The molecule has 4 aromatic rings. The normalized spacial score (nSPS) is 11.7. The van der Waals surface area contributed by atoms with E-state index in [9.17, 15) is 18.8 Å². The molecule has 0 saturated carbocycles. The fourth-order valence-electron chi connectivity index (χ4n) is 4.21. The first kappa shape index (κ1) is 31.8. The van der Waals surface area contributed by atoms with Crippen LogP contribution in [0.5, 0.6) is 11.5 Å². The molecule has 1 unspecified atom stereocenters. The van der Waals surface area contributed by atoms with Crippen molar-refractivity contribution in [3.63, 3.8) is 0 Å². The first-order valence-electron chi connectivity index (χ1n) is 13.7. The van der Waals surface area contributed by atoms with E-state index in [1.807, 2.05) is 13.0 Å². The van der Waals surface area contributed by atoms with E-state index >= 15 is 0 Å². The second-order valence-electron chi connectivity index (χ2n) is 9.45. The van der Waals surface area contributed by atoms with Crippen molar-refractivity contribution in [2.75, 3.05) is 24.9 Å². The number of rotatable bonds is 12. The SMILES string of the molecule is CCC(Sc1cccc(NC(=O)/C(=C\c2cccc(OC)c2OC)NC(=O)c2ccccc2)c1)C(=O)Nc1ccc(F)cc1. The molecule has 0 fully saturated rings. The number of amides is 3. The molecule has 0 aliphatic carbocycles. The van der Waals surface area contributed by atoms with Gasteiger partial charge in [-0.2, -0.15) is 0 Å². The van der Waals surface area contributed by atoms with Crippen LogP contribution in [0.2, 0.25) is 0 Å². The highest BCUT2D eigenvalue weighted by molar-refractivity contribution is 8.00. The van der Waals surface area contributed by atoms with Crippen molar-refractivity contribution in [3.05, 3.63) is 120 Å². The van der Waals surface area contributed by atoms with Gasteiger partial charge in [-0.1, -0.05) is 43.3 Å². The number of ether oxygens (including phenoxy) is 2. The summed E-state index contributed by atoms with van der Waals surface area (Å²) in [4.78, 5) is 40.3. The molecule has 10 heteroatoms. The van der Waals surface area contributed by atoms with E-state index in [0.717, 1.165) is 4.90 Å². The number of methoxy groups -OCH3 is 2. The van der Waals surface area contributed by atoms with E-state index in [1.165, 1.54) is 56.3 Å². The van der Waals surface area contributed by atoms with Gasteiger partial charge >= 0.3 is 0 Å². The molecule has 0 aliphatic heterocycles. The lowest BCUT2D eigenvalue weighted by Gasteiger charge is -2.16. The highest BCUT2D eigenvalue weighted by Gasteiger charge is 2.20. The van der Waals surface area contributed by atoms with Gasteiger partial charge in [0.25, 0.3) is 11.8 Å². The van der Waals surface area contributed by atoms with Crippen molar-refractivity contribution >= 4 is 46.9 Å². The first-order valence-corrected chi connectivity index (χ1v) is 14.6. The van der Waals surface area contributed by atoms with Crippen LogP contribution in [0.1, 0.15) is 29.3 Å². The average molecular weight is 614 g/mol. The van der Waals surface area contributed by atoms with Crippen LogP contribution in [0.4, 0.5) is 15.8 Å². The number of hydrogen-bond acceptors (Lipinski definition) is 6. The third kappa shape index (κ3) is 8.48. The molecule has 1 atom stereocenters. The molecule has 226 valence electrons. The van der Waals surface area contributed by atoms with Gasteiger partial charge < -0.3 is 25.4 Å². The Bertz CT molecular complexity index is 1640. The third-order valence-corrected chi connectivity index (χ3v) is 7.77. The van der Waals surface area contributed by atoms with Gasteiger partial charge in [-0.15, -0.1) is 11.8 Å². The molecule has 0 heterocycles. The van der Waals surface area contributed by atoms with E-state index in [2.05, 4.69) is 16.0 Å². The summed E-state index contributed by atoms with van der Waals surface area (Å²) in [6, 6.07) is 26.4. The van der Waals surface area contributed by atoms with Gasteiger partial charge in [0, 0.05) is 27.4 Å². The number of carbonyl (C=O) groups is 3. The minimum Gasteiger partial charge on any atom is -0.493 e. The Morgan fingerprint density at radius 1 is 0.841 bits per heavy atom. The van der Waals surface area contributed by atoms with Crippen molar-refractivity contribution in [3.8, 4) is 11.5 Å². The molecule has 0 spiro atoms. The Balaban J connectivity index is 1.55. The fourth-order valence-corrected chi connectivity index (χ4v) is 5.22. The number of hydrogen-bond donors (Lipinski definition) is 3. The summed E-state index contributed by atoms with van der Waals surface area (Å²) in [5, 5.41) is 7.94. The smallest absolute Gasteiger partial charge is 0.272 e. The average Bonchev–Trinajstić information content (AvgIpc) is 3.04. The highest BCUT2D eigenvalue weighted by atomic mass is 32.2. The van der Waals surface area contributed by atoms with Crippen molar-refractivity contribution < 1.29 is 28.2 Å². The van der Waals surface area contributed by atoms with E-state index in [1.54, 1.807) is 66.7 Å². The van der Waals surface area contributed by atoms with Crippen LogP contribution < -0.4 is 25.4 Å². The maximum Gasteiger partial charge on any atom is 0.272 e. The molecule has 3 amide bonds. The van der Waals surface area contributed by atoms with Crippen molar-refractivity contribution in [2.24, 2.45) is 0 Å². The summed E-state index contributed by atoms with van der Waals surface area (Å²) < 4.78 is 24.1. The van der Waals surface area contributed by atoms with Gasteiger partial charge in [-0.25, -0.2) is 4.39 Å². The van der Waals surface area contributed by atoms with Crippen molar-refractivity contribution in [2.45, 2.75) is 23.5 Å². The molecule has 0 radical (unpaired) electrons. The molecule has 0 saturated heterocycles. The maximum absolute atomic E-state index is 13.6. The lowest BCUT2D eigenvalue weighted by atomic mass is 10.1. The van der Waals surface area contributed by atoms with Gasteiger partial charge in [0.2, 0.25) is 5.91 Å². The molecule has 4 rings (SSSR count). The minimum atomic E-state index is -0.567. The lowest BCUT2D eigenvalue weighted by molar-refractivity contribution is -0.116. The summed E-state index contributed by atoms with van der Waals surface area (Å²) >= 11 is 1.34. The van der Waals surface area contributed by atoms with E-state index in [0.29, 0.717) is 40.4 Å². The summed E-state index contributed by atoms with van der Waals surface area (Å²) in [5.41, 5.74) is 1.85. The summed E-state index contributed by atoms with van der Waals surface area (Å²) in [6.07, 6.45) is 2.05. The van der Waals surface area contributed by atoms with Crippen LogP contribution >= 0.6 is 11.8 Å². The molecule has 0 aliphatic rings. The standard InChI is InChI=1S/C34H32FN3O5S/c1-4-30(34(41)36-25-18-16-24(35)17-19-25)44-27-14-9-13-26(21-27)37-33(40)28(38-32(39)22-10-6-5-7-11-22)20-23-12-8-15-29(42-2)31(23)43-3/h5-21,30H,4H2,1-3H3,(H,36,41)(H,37,40)(H,38,39)/b28-20+. The van der Waals surface area contributed by atoms with Crippen molar-refractivity contribution in [1.82, 2.24) is 5.32 Å². The quantitative estimate of drug-likeness (QED) is 0.120. The topological polar surface area (TPSA) is 106 Å². The Morgan fingerprint density at radius 3 is 2.25 bits per heavy atom. The second-order valence-corrected chi connectivity index (χ2v) is 10.7. The Kier molecular flexibility index (Phi) is 11.1. The number of benzene rings is 4. The molecule has 0 aromatic heterocycles. The van der Waals surface area contributed by atoms with Crippen LogP contribution in [0.15, 0.2) is 108 Å². The number of carbonyl (C=O) groups excluding carboxylic acids is 3. The monoisotopic (exact) mass is 613 g/mol. The summed E-state index contributed by atoms with van der Waals surface area (Å²) in [6.45, 7) is 1.90. The van der Waals surface area contributed by atoms with E-state index < -0.39 is 17.1 Å². The van der Waals surface area contributed by atoms with Crippen molar-refractivity contribution in [1.29, 1.82) is 0 Å². The van der Waals surface area contributed by atoms with Gasteiger partial charge in [0.05, 0.1) is 19.5 Å². The van der Waals surface area contributed by atoms with Gasteiger partial charge in [-0.05, 0) is 73.2 Å². The molecule has 3 N–H and O–H groups in total. The first-order chi connectivity index (χ1) is 21.3. The zero-order valence-electron chi connectivity index (χ0n) is 24.4. The summed E-state index contributed by atoms with van der Waals surface area (Å²) in [5.74, 6) is -0.770. The number of anilines is 2. The number of thioether (sulfide) groups is 1. The minimum absolute atomic E-state index is 0.0198. The van der Waals surface area contributed by atoms with Crippen LogP contribution in [0, 0.1) is 5.82 Å². The number of halogens is 1. The second kappa shape index (κ2) is 15.4. The molecule has 44 heavy (non-hydrogen) atoms. The zero-order valence-corrected chi connectivity index (χ0v) is 25.2. The maximum atomic E-state index is 13.6. The molecule has 8 nitrogen and oxygen atoms in total. The predicted molar refractivity (Wildman–Crippen MR) is 171 cm³/mol. The predicted octanol–water partition coefficient (Wildman–Crippen LogP) is 6.76. The third-order valence-electron chi connectivity index (χ3n) is 6.41. The molecule has 0 bridgehead atoms. The van der Waals surface area contributed by atoms with Crippen LogP contribution in [-0.2, 0) is 9.59 Å². The van der Waals surface area contributed by atoms with Crippen LogP contribution in [-0.4, -0.2) is 37.2 Å². The Morgan fingerprint density at radius 2 is 1.57 bits per heavy atom. The zero-order chi connectivity index (χ0) is 31.5. The molecular weight excluding hydrogens is 581 g/mol. The van der Waals surface area contributed by atoms with Gasteiger partial charge in [0.15, 0.2) is 11.5 Å². The van der Waals surface area contributed by atoms with E-state index in [-0.39, 0.29) is 17.4 Å². The molecular formula is C34H32FN3O5S. The van der Waals surface area contributed by atoms with Crippen LogP contribution in [0.3, 0.4) is 0 Å². The Hall–Kier alpha value is -5.09. The van der Waals surface area contributed by atoms with E-state index in [4.69, 9.17) is 9.47 Å². The fraction of sp³-hybridized carbons (Fsp3) is 0.147. The number of para-hydroxylation sites is 1. The largest absolute Gasteiger partial charge is 0.493 e. The Labute approximate surface area is 259 Å².